The van der Waals surface area contributed by atoms with Gasteiger partial charge in [-0.3, -0.25) is 0 Å². The van der Waals surface area contributed by atoms with Crippen molar-refractivity contribution in [1.82, 2.24) is 0 Å². The summed E-state index contributed by atoms with van der Waals surface area (Å²) in [5.41, 5.74) is 3.13. The Morgan fingerprint density at radius 3 is 2.00 bits per heavy atom. The first-order valence-corrected chi connectivity index (χ1v) is 12.0. The molecule has 25 heavy (non-hydrogen) atoms. The summed E-state index contributed by atoms with van der Waals surface area (Å²) in [6.07, 6.45) is 16.7. The Labute approximate surface area is 167 Å². The second kappa shape index (κ2) is 10.5. The second-order valence-corrected chi connectivity index (χ2v) is 8.90. The number of fused-ring (bicyclic) bond motifs is 1. The lowest BCUT2D eigenvalue weighted by atomic mass is 9.85. The smallest absolute Gasteiger partial charge is 0.000473 e. The first-order valence-electron chi connectivity index (χ1n) is 10.4. The van der Waals surface area contributed by atoms with Crippen molar-refractivity contribution in [2.75, 3.05) is 4.43 Å². The predicted octanol–water partition coefficient (Wildman–Crippen LogP) is 7.89. The molecule has 1 aliphatic rings. The molecule has 0 unspecified atom stereocenters. The summed E-state index contributed by atoms with van der Waals surface area (Å²) in [5.74, 6) is 1.01. The van der Waals surface area contributed by atoms with Crippen molar-refractivity contribution in [2.45, 2.75) is 77.0 Å². The van der Waals surface area contributed by atoms with E-state index in [0.717, 1.165) is 5.92 Å². The molecule has 0 spiro atoms. The molecule has 0 bridgehead atoms. The monoisotopic (exact) mass is 448 g/mol. The Morgan fingerprint density at radius 1 is 0.720 bits per heavy atom. The van der Waals surface area contributed by atoms with Gasteiger partial charge in [0.05, 0.1) is 0 Å². The number of benzene rings is 2. The molecular weight excluding hydrogens is 415 g/mol. The maximum absolute atomic E-state index is 2.49. The predicted molar refractivity (Wildman–Crippen MR) is 120 cm³/mol. The number of halogens is 1. The van der Waals surface area contributed by atoms with Crippen molar-refractivity contribution in [3.8, 4) is 0 Å². The average Bonchev–Trinajstić information content (AvgIpc) is 2.67. The van der Waals surface area contributed by atoms with Crippen LogP contribution in [0.15, 0.2) is 36.4 Å². The zero-order chi connectivity index (χ0) is 17.3. The quantitative estimate of drug-likeness (QED) is 0.208. The summed E-state index contributed by atoms with van der Waals surface area (Å²) in [7, 11) is 0. The molecule has 0 aromatic heterocycles. The van der Waals surface area contributed by atoms with Crippen LogP contribution in [0.2, 0.25) is 0 Å². The fourth-order valence-electron chi connectivity index (χ4n) is 4.50. The molecule has 0 N–H and O–H groups in total. The summed E-state index contributed by atoms with van der Waals surface area (Å²) in [4.78, 5) is 0. The molecule has 3 rings (SSSR count). The van der Waals surface area contributed by atoms with E-state index in [-0.39, 0.29) is 0 Å². The van der Waals surface area contributed by atoms with E-state index >= 15 is 0 Å². The molecule has 2 aromatic carbocycles. The second-order valence-electron chi connectivity index (χ2n) is 7.83. The summed E-state index contributed by atoms with van der Waals surface area (Å²) >= 11 is 2.49. The Kier molecular flexibility index (Phi) is 8.10. The largest absolute Gasteiger partial charge is 0.0864 e. The molecule has 0 nitrogen and oxygen atoms in total. The minimum absolute atomic E-state index is 1.01. The zero-order valence-electron chi connectivity index (χ0n) is 15.6. The minimum Gasteiger partial charge on any atom is -0.0864 e. The minimum atomic E-state index is 1.01. The van der Waals surface area contributed by atoms with Gasteiger partial charge in [0.15, 0.2) is 0 Å². The molecule has 0 radical (unpaired) electrons. The van der Waals surface area contributed by atoms with Crippen LogP contribution in [0, 0.1) is 5.92 Å². The Balaban J connectivity index is 1.62. The highest BCUT2D eigenvalue weighted by Gasteiger charge is 2.13. The van der Waals surface area contributed by atoms with Gasteiger partial charge in [-0.2, -0.15) is 0 Å². The highest BCUT2D eigenvalue weighted by Crippen LogP contribution is 2.29. The fourth-order valence-corrected chi connectivity index (χ4v) is 5.04. The van der Waals surface area contributed by atoms with Gasteiger partial charge in [-0.05, 0) is 64.3 Å². The summed E-state index contributed by atoms with van der Waals surface area (Å²) in [5, 5.41) is 3.02. The molecule has 0 amide bonds. The summed E-state index contributed by atoms with van der Waals surface area (Å²) in [6, 6.07) is 14.0. The normalized spacial score (nSPS) is 15.7. The molecular formula is C24H33I. The van der Waals surface area contributed by atoms with Crippen LogP contribution in [0.25, 0.3) is 10.8 Å². The zero-order valence-corrected chi connectivity index (χ0v) is 17.8. The van der Waals surface area contributed by atoms with Gasteiger partial charge in [0.2, 0.25) is 0 Å². The van der Waals surface area contributed by atoms with Crippen LogP contribution >= 0.6 is 22.6 Å². The van der Waals surface area contributed by atoms with Gasteiger partial charge in [0, 0.05) is 0 Å². The fraction of sp³-hybridized carbons (Fsp3) is 0.583. The van der Waals surface area contributed by atoms with Gasteiger partial charge in [0.25, 0.3) is 0 Å². The number of alkyl halides is 1. The molecule has 1 saturated carbocycles. The van der Waals surface area contributed by atoms with Crippen molar-refractivity contribution in [3.05, 3.63) is 47.5 Å². The lowest BCUT2D eigenvalue weighted by Crippen LogP contribution is -2.06. The van der Waals surface area contributed by atoms with Crippen LogP contribution in [-0.2, 0) is 12.8 Å². The molecule has 2 aromatic rings. The number of aryl methyl sites for hydroxylation is 2. The lowest BCUT2D eigenvalue weighted by Gasteiger charge is -2.21. The van der Waals surface area contributed by atoms with Crippen molar-refractivity contribution in [3.63, 3.8) is 0 Å². The van der Waals surface area contributed by atoms with Crippen molar-refractivity contribution >= 4 is 33.4 Å². The lowest BCUT2D eigenvalue weighted by molar-refractivity contribution is 0.332. The molecule has 0 saturated heterocycles. The van der Waals surface area contributed by atoms with Gasteiger partial charge < -0.3 is 0 Å². The van der Waals surface area contributed by atoms with Gasteiger partial charge in [-0.25, -0.2) is 0 Å². The van der Waals surface area contributed by atoms with Gasteiger partial charge in [-0.15, -0.1) is 0 Å². The van der Waals surface area contributed by atoms with Crippen LogP contribution < -0.4 is 0 Å². The maximum atomic E-state index is 2.49. The number of rotatable bonds is 9. The Morgan fingerprint density at radius 2 is 1.36 bits per heavy atom. The molecule has 136 valence electrons. The highest BCUT2D eigenvalue weighted by molar-refractivity contribution is 14.1. The maximum Gasteiger partial charge on any atom is -0.000473 e. The van der Waals surface area contributed by atoms with Crippen LogP contribution in [0.5, 0.6) is 0 Å². The Hall–Kier alpha value is -0.570. The van der Waals surface area contributed by atoms with Crippen LogP contribution in [0.3, 0.4) is 0 Å². The molecule has 1 heteroatoms. The standard InChI is InChI=1S/C24H33I/c25-19-8-2-5-13-21-17-18-22(24-16-7-6-15-23(21)24)14-9-12-20-10-3-1-4-11-20/h6-7,15-18,20H,1-5,8-14,19H2. The van der Waals surface area contributed by atoms with Gasteiger partial charge in [-0.1, -0.05) is 104 Å². The first-order chi connectivity index (χ1) is 12.4. The molecule has 0 heterocycles. The Bertz CT molecular complexity index is 640. The third kappa shape index (κ3) is 5.70. The molecule has 1 fully saturated rings. The number of unbranched alkanes of at least 4 members (excludes halogenated alkanes) is 2. The van der Waals surface area contributed by atoms with E-state index in [1.807, 2.05) is 0 Å². The molecule has 1 aliphatic carbocycles. The SMILES string of the molecule is ICCCCCc1ccc(CCCC2CCCCC2)c2ccccc12. The van der Waals surface area contributed by atoms with E-state index in [1.54, 1.807) is 11.1 Å². The van der Waals surface area contributed by atoms with E-state index in [4.69, 9.17) is 0 Å². The van der Waals surface area contributed by atoms with Crippen molar-refractivity contribution in [2.24, 2.45) is 5.92 Å². The van der Waals surface area contributed by atoms with E-state index < -0.39 is 0 Å². The van der Waals surface area contributed by atoms with Crippen LogP contribution in [0.4, 0.5) is 0 Å². The first kappa shape index (κ1) is 19.2. The third-order valence-electron chi connectivity index (χ3n) is 5.97. The number of hydrogen-bond donors (Lipinski definition) is 0. The molecule has 0 aliphatic heterocycles. The van der Waals surface area contributed by atoms with Crippen LogP contribution in [0.1, 0.15) is 75.3 Å². The van der Waals surface area contributed by atoms with Crippen molar-refractivity contribution < 1.29 is 0 Å². The van der Waals surface area contributed by atoms with E-state index in [0.29, 0.717) is 0 Å². The van der Waals surface area contributed by atoms with Crippen LogP contribution in [-0.4, -0.2) is 4.43 Å². The topological polar surface area (TPSA) is 0 Å². The van der Waals surface area contributed by atoms with E-state index in [1.165, 1.54) is 92.2 Å². The van der Waals surface area contributed by atoms with Gasteiger partial charge >= 0.3 is 0 Å². The third-order valence-corrected chi connectivity index (χ3v) is 6.73. The highest BCUT2D eigenvalue weighted by atomic mass is 127. The van der Waals surface area contributed by atoms with Crippen molar-refractivity contribution in [1.29, 1.82) is 0 Å². The molecule has 0 atom stereocenters. The number of hydrogen-bond acceptors (Lipinski definition) is 0. The van der Waals surface area contributed by atoms with E-state index in [9.17, 15) is 0 Å². The van der Waals surface area contributed by atoms with Gasteiger partial charge in [0.1, 0.15) is 0 Å². The summed E-state index contributed by atoms with van der Waals surface area (Å²) < 4.78 is 1.29. The summed E-state index contributed by atoms with van der Waals surface area (Å²) in [6.45, 7) is 0. The van der Waals surface area contributed by atoms with E-state index in [2.05, 4.69) is 59.0 Å². The average molecular weight is 448 g/mol.